The molecule has 0 spiro atoms. The van der Waals surface area contributed by atoms with E-state index in [9.17, 15) is 32.4 Å². The molecule has 11 heteroatoms. The van der Waals surface area contributed by atoms with Crippen LogP contribution in [0.2, 0.25) is 0 Å². The molecule has 0 amide bonds. The van der Waals surface area contributed by atoms with Crippen LogP contribution in [0.3, 0.4) is 0 Å². The van der Waals surface area contributed by atoms with Crippen molar-refractivity contribution in [2.45, 2.75) is 56.1 Å². The third-order valence-corrected chi connectivity index (χ3v) is 8.90. The second-order valence-corrected chi connectivity index (χ2v) is 12.7. The molecule has 0 aliphatic heterocycles. The molecular weight excluding hydrogens is 433 g/mol. The van der Waals surface area contributed by atoms with Crippen LogP contribution in [0.15, 0.2) is 30.9 Å². The highest BCUT2D eigenvalue weighted by Gasteiger charge is 2.46. The van der Waals surface area contributed by atoms with Gasteiger partial charge < -0.3 is 0 Å². The predicted molar refractivity (Wildman–Crippen MR) is 114 cm³/mol. The van der Waals surface area contributed by atoms with Gasteiger partial charge in [0.15, 0.2) is 14.6 Å². The quantitative estimate of drug-likeness (QED) is 0.343. The Hall–Kier alpha value is -2.16. The van der Waals surface area contributed by atoms with Crippen LogP contribution in [0.5, 0.6) is 0 Å². The largest absolute Gasteiger partial charge is 0.269 e. The Bertz CT molecular complexity index is 1010. The van der Waals surface area contributed by atoms with E-state index in [1.54, 1.807) is 26.8 Å². The molecule has 0 aliphatic rings. The summed E-state index contributed by atoms with van der Waals surface area (Å²) in [6.07, 6.45) is 1.11. The van der Waals surface area contributed by atoms with E-state index in [4.69, 9.17) is 0 Å². The van der Waals surface area contributed by atoms with E-state index >= 15 is 0 Å². The maximum Gasteiger partial charge on any atom is 0.269 e. The van der Waals surface area contributed by atoms with Crippen molar-refractivity contribution < 1.29 is 21.9 Å². The topological polar surface area (TPSA) is 130 Å². The first kappa shape index (κ1) is 25.9. The predicted octanol–water partition coefficient (Wildman–Crippen LogP) is 3.27. The van der Waals surface area contributed by atoms with Gasteiger partial charge >= 0.3 is 0 Å². The zero-order chi connectivity index (χ0) is 23.5. The van der Waals surface area contributed by atoms with Crippen molar-refractivity contribution in [1.82, 2.24) is 4.72 Å². The molecule has 1 N–H and O–H groups in total. The fraction of sp³-hybridized carbons (Fsp3) is 0.526. The van der Waals surface area contributed by atoms with Crippen molar-refractivity contribution >= 4 is 26.5 Å². The summed E-state index contributed by atoms with van der Waals surface area (Å²) in [6.45, 7) is 10.9. The summed E-state index contributed by atoms with van der Waals surface area (Å²) in [5, 5.41) is 20.7. The normalized spacial score (nSPS) is 17.2. The second kappa shape index (κ2) is 8.91. The first-order valence-corrected chi connectivity index (χ1v) is 11.7. The lowest BCUT2D eigenvalue weighted by atomic mass is 9.94. The Balaban J connectivity index is 3.71. The third-order valence-electron chi connectivity index (χ3n) is 4.56. The van der Waals surface area contributed by atoms with Crippen LogP contribution >= 0.6 is 0 Å². The Morgan fingerprint density at radius 2 is 1.90 bits per heavy atom. The van der Waals surface area contributed by atoms with Crippen molar-refractivity contribution in [2.75, 3.05) is 5.75 Å². The molecule has 30 heavy (non-hydrogen) atoms. The average molecular weight is 460 g/mol. The molecule has 1 aromatic rings. The van der Waals surface area contributed by atoms with Gasteiger partial charge in [-0.3, -0.25) is 10.1 Å². The van der Waals surface area contributed by atoms with Crippen LogP contribution in [0, 0.1) is 27.3 Å². The number of hydrogen-bond donors (Lipinski definition) is 1. The molecule has 0 heterocycles. The summed E-state index contributed by atoms with van der Waals surface area (Å²) in [4.78, 5) is 10.4. The van der Waals surface area contributed by atoms with E-state index in [-0.39, 0.29) is 12.0 Å². The van der Waals surface area contributed by atoms with Gasteiger partial charge in [-0.25, -0.2) is 21.7 Å². The minimum Gasteiger partial charge on any atom is -0.258 e. The fourth-order valence-corrected chi connectivity index (χ4v) is 5.43. The highest BCUT2D eigenvalue weighted by molar-refractivity contribution is 7.93. The number of nitrogens with zero attached hydrogens (tertiary/aromatic N) is 2. The van der Waals surface area contributed by atoms with E-state index in [0.29, 0.717) is 0 Å². The van der Waals surface area contributed by atoms with Crippen LogP contribution in [0.25, 0.3) is 0 Å². The average Bonchev–Trinajstić information content (AvgIpc) is 2.60. The Morgan fingerprint density at radius 1 is 1.33 bits per heavy atom. The molecule has 1 unspecified atom stereocenters. The minimum absolute atomic E-state index is 0.179. The van der Waals surface area contributed by atoms with Gasteiger partial charge in [0.1, 0.15) is 5.82 Å². The van der Waals surface area contributed by atoms with Crippen LogP contribution < -0.4 is 4.72 Å². The fourth-order valence-electron chi connectivity index (χ4n) is 2.63. The van der Waals surface area contributed by atoms with Gasteiger partial charge in [-0.05, 0) is 47.1 Å². The molecule has 8 nitrogen and oxygen atoms in total. The Kier molecular flexibility index (Phi) is 7.69. The van der Waals surface area contributed by atoms with E-state index in [1.165, 1.54) is 19.9 Å². The standard InChI is InChI=1S/C19H26FN3O5S2/c1-7-10-18(5,12-21)30(27,28)13-19(6,22-29(26)17(2,3)4)15-11-14(23(24)25)8-9-16(15)20/h7-9,11,22H,1,10,13H2,2-6H3/t18?,19-,29+/m0/s1. The van der Waals surface area contributed by atoms with Crippen molar-refractivity contribution in [1.29, 1.82) is 5.26 Å². The zero-order valence-electron chi connectivity index (χ0n) is 17.6. The Labute approximate surface area is 178 Å². The summed E-state index contributed by atoms with van der Waals surface area (Å²) in [5.41, 5.74) is -2.61. The number of nitrogens with one attached hydrogen (secondary N) is 1. The summed E-state index contributed by atoms with van der Waals surface area (Å²) >= 11 is 0. The molecule has 0 aromatic heterocycles. The molecule has 166 valence electrons. The third kappa shape index (κ3) is 5.50. The van der Waals surface area contributed by atoms with E-state index in [2.05, 4.69) is 11.3 Å². The first-order valence-electron chi connectivity index (χ1n) is 8.91. The van der Waals surface area contributed by atoms with Crippen molar-refractivity contribution in [3.05, 3.63) is 52.3 Å². The van der Waals surface area contributed by atoms with Gasteiger partial charge in [-0.1, -0.05) is 6.08 Å². The maximum absolute atomic E-state index is 14.7. The smallest absolute Gasteiger partial charge is 0.258 e. The number of halogens is 1. The number of allylic oxidation sites excluding steroid dienone is 1. The number of nitro groups is 1. The summed E-state index contributed by atoms with van der Waals surface area (Å²) in [7, 11) is -6.10. The first-order chi connectivity index (χ1) is 13.5. The molecule has 0 saturated carbocycles. The second-order valence-electron chi connectivity index (χ2n) is 8.33. The van der Waals surface area contributed by atoms with Gasteiger partial charge in [0.05, 0.1) is 38.0 Å². The Morgan fingerprint density at radius 3 is 2.33 bits per heavy atom. The summed E-state index contributed by atoms with van der Waals surface area (Å²) in [6, 6.07) is 4.47. The molecule has 0 fully saturated rings. The van der Waals surface area contributed by atoms with Gasteiger partial charge in [0, 0.05) is 17.7 Å². The van der Waals surface area contributed by atoms with Crippen LogP contribution in [-0.2, 0) is 26.4 Å². The SMILES string of the molecule is C=CCC(C)(C#N)S(=O)(=O)C[C@](C)(N[S@](=O)C(C)(C)C)c1cc([N+](=O)[O-])ccc1F. The number of sulfone groups is 1. The molecular formula is C19H26FN3O5S2. The van der Waals surface area contributed by atoms with E-state index in [0.717, 1.165) is 18.2 Å². The van der Waals surface area contributed by atoms with Crippen molar-refractivity contribution in [3.8, 4) is 6.07 Å². The zero-order valence-corrected chi connectivity index (χ0v) is 19.2. The lowest BCUT2D eigenvalue weighted by Crippen LogP contribution is -2.53. The van der Waals surface area contributed by atoms with Gasteiger partial charge in [-0.2, -0.15) is 5.26 Å². The molecule has 0 aliphatic carbocycles. The number of non-ortho nitro benzene ring substituents is 1. The number of hydrogen-bond acceptors (Lipinski definition) is 6. The van der Waals surface area contributed by atoms with Crippen LogP contribution in [0.1, 0.15) is 46.6 Å². The molecule has 0 saturated heterocycles. The molecule has 3 atom stereocenters. The number of benzene rings is 1. The van der Waals surface area contributed by atoms with E-state index < -0.39 is 58.0 Å². The summed E-state index contributed by atoms with van der Waals surface area (Å²) in [5.74, 6) is -1.73. The van der Waals surface area contributed by atoms with Crippen LogP contribution in [0.4, 0.5) is 10.1 Å². The number of nitriles is 1. The summed E-state index contributed by atoms with van der Waals surface area (Å²) < 4.78 is 53.8. The monoisotopic (exact) mass is 459 g/mol. The van der Waals surface area contributed by atoms with Gasteiger partial charge in [-0.15, -0.1) is 6.58 Å². The van der Waals surface area contributed by atoms with Crippen LogP contribution in [-0.4, -0.2) is 32.8 Å². The number of rotatable bonds is 9. The lowest BCUT2D eigenvalue weighted by molar-refractivity contribution is -0.385. The molecule has 0 radical (unpaired) electrons. The highest BCUT2D eigenvalue weighted by atomic mass is 32.2. The molecule has 0 bridgehead atoms. The number of nitro benzene ring substituents is 1. The molecule has 1 aromatic carbocycles. The highest BCUT2D eigenvalue weighted by Crippen LogP contribution is 2.34. The van der Waals surface area contributed by atoms with Gasteiger partial charge in [0.25, 0.3) is 5.69 Å². The van der Waals surface area contributed by atoms with Gasteiger partial charge in [0.2, 0.25) is 0 Å². The minimum atomic E-state index is -4.25. The van der Waals surface area contributed by atoms with E-state index in [1.807, 2.05) is 0 Å². The van der Waals surface area contributed by atoms with Crippen molar-refractivity contribution in [2.24, 2.45) is 0 Å². The molecule has 1 rings (SSSR count). The maximum atomic E-state index is 14.7. The lowest BCUT2D eigenvalue weighted by Gasteiger charge is -2.35. The van der Waals surface area contributed by atoms with Crippen molar-refractivity contribution in [3.63, 3.8) is 0 Å².